The lowest BCUT2D eigenvalue weighted by atomic mass is 10.1. The molecular weight excluding hydrogens is 245 g/mol. The molecule has 0 radical (unpaired) electrons. The van der Waals surface area contributed by atoms with Gasteiger partial charge in [-0.2, -0.15) is 0 Å². The third-order valence-electron chi connectivity index (χ3n) is 2.20. The molecule has 1 amide bonds. The van der Waals surface area contributed by atoms with E-state index in [9.17, 15) is 9.18 Å². The number of methoxy groups -OCH3 is 1. The van der Waals surface area contributed by atoms with Crippen molar-refractivity contribution >= 4 is 17.5 Å². The van der Waals surface area contributed by atoms with Crippen molar-refractivity contribution < 1.29 is 13.9 Å². The maximum Gasteiger partial charge on any atom is 0.251 e. The van der Waals surface area contributed by atoms with Crippen LogP contribution in [0.25, 0.3) is 0 Å². The van der Waals surface area contributed by atoms with Crippen molar-refractivity contribution in [3.05, 3.63) is 29.6 Å². The summed E-state index contributed by atoms with van der Waals surface area (Å²) in [6, 6.07) is 3.95. The molecule has 0 saturated heterocycles. The number of hydrogen-bond donors (Lipinski definition) is 1. The molecule has 0 atom stereocenters. The minimum Gasteiger partial charge on any atom is -0.494 e. The Hall–Kier alpha value is -1.29. The molecular formula is C12H15ClFNO2. The zero-order valence-electron chi connectivity index (χ0n) is 10.0. The zero-order valence-corrected chi connectivity index (χ0v) is 10.8. The molecule has 0 heterocycles. The predicted molar refractivity (Wildman–Crippen MR) is 65.2 cm³/mol. The molecule has 17 heavy (non-hydrogen) atoms. The molecule has 0 aliphatic heterocycles. The molecule has 1 N–H and O–H groups in total. The number of benzene rings is 1. The van der Waals surface area contributed by atoms with Gasteiger partial charge in [0, 0.05) is 17.0 Å². The average molecular weight is 260 g/mol. The van der Waals surface area contributed by atoms with Crippen molar-refractivity contribution in [2.75, 3.05) is 13.0 Å². The number of carbonyl (C=O) groups is 1. The van der Waals surface area contributed by atoms with E-state index in [-0.39, 0.29) is 17.5 Å². The van der Waals surface area contributed by atoms with Crippen molar-refractivity contribution in [3.63, 3.8) is 0 Å². The number of nitrogens with one attached hydrogen (secondary N) is 1. The molecule has 1 aromatic rings. The second kappa shape index (κ2) is 5.36. The van der Waals surface area contributed by atoms with Crippen LogP contribution in [-0.2, 0) is 0 Å². The highest BCUT2D eigenvalue weighted by Gasteiger charge is 2.20. The van der Waals surface area contributed by atoms with Gasteiger partial charge in [-0.15, -0.1) is 11.6 Å². The van der Waals surface area contributed by atoms with Gasteiger partial charge in [0.05, 0.1) is 7.11 Å². The Morgan fingerprint density at radius 3 is 2.71 bits per heavy atom. The largest absolute Gasteiger partial charge is 0.494 e. The fourth-order valence-corrected chi connectivity index (χ4v) is 1.28. The van der Waals surface area contributed by atoms with E-state index >= 15 is 0 Å². The minimum absolute atomic E-state index is 0.0429. The van der Waals surface area contributed by atoms with Crippen LogP contribution in [-0.4, -0.2) is 24.4 Å². The summed E-state index contributed by atoms with van der Waals surface area (Å²) >= 11 is 5.71. The Morgan fingerprint density at radius 2 is 2.18 bits per heavy atom. The molecule has 0 aromatic heterocycles. The van der Waals surface area contributed by atoms with Gasteiger partial charge >= 0.3 is 0 Å². The summed E-state index contributed by atoms with van der Waals surface area (Å²) in [6.45, 7) is 3.61. The molecule has 94 valence electrons. The van der Waals surface area contributed by atoms with Crippen LogP contribution in [0.15, 0.2) is 18.2 Å². The Kier molecular flexibility index (Phi) is 4.34. The second-order valence-electron chi connectivity index (χ2n) is 4.32. The van der Waals surface area contributed by atoms with Gasteiger partial charge in [0.25, 0.3) is 5.91 Å². The van der Waals surface area contributed by atoms with Gasteiger partial charge in [-0.25, -0.2) is 4.39 Å². The molecule has 0 fully saturated rings. The summed E-state index contributed by atoms with van der Waals surface area (Å²) in [4.78, 5) is 11.9. The number of alkyl halides is 1. The Labute approximate surface area is 105 Å². The third kappa shape index (κ3) is 3.60. The normalized spacial score (nSPS) is 11.1. The highest BCUT2D eigenvalue weighted by molar-refractivity contribution is 6.18. The van der Waals surface area contributed by atoms with E-state index in [1.807, 2.05) is 0 Å². The van der Waals surface area contributed by atoms with Gasteiger partial charge < -0.3 is 10.1 Å². The van der Waals surface area contributed by atoms with Crippen molar-refractivity contribution in [2.24, 2.45) is 0 Å². The second-order valence-corrected chi connectivity index (χ2v) is 4.59. The Morgan fingerprint density at radius 1 is 1.53 bits per heavy atom. The molecule has 0 bridgehead atoms. The highest BCUT2D eigenvalue weighted by atomic mass is 35.5. The summed E-state index contributed by atoms with van der Waals surface area (Å²) in [5.74, 6) is -0.479. The van der Waals surface area contributed by atoms with Crippen molar-refractivity contribution in [3.8, 4) is 5.75 Å². The van der Waals surface area contributed by atoms with E-state index in [1.165, 1.54) is 25.3 Å². The van der Waals surface area contributed by atoms with Crippen LogP contribution in [0.4, 0.5) is 4.39 Å². The zero-order chi connectivity index (χ0) is 13.1. The first-order valence-electron chi connectivity index (χ1n) is 5.11. The summed E-state index contributed by atoms with van der Waals surface area (Å²) in [5, 5.41) is 2.74. The molecule has 0 aliphatic rings. The van der Waals surface area contributed by atoms with E-state index in [2.05, 4.69) is 5.32 Å². The van der Waals surface area contributed by atoms with Crippen molar-refractivity contribution in [1.82, 2.24) is 5.32 Å². The quantitative estimate of drug-likeness (QED) is 0.844. The average Bonchev–Trinajstić information content (AvgIpc) is 2.29. The maximum absolute atomic E-state index is 13.2. The number of amides is 1. The number of hydrogen-bond acceptors (Lipinski definition) is 2. The molecule has 0 spiro atoms. The Balaban J connectivity index is 2.90. The van der Waals surface area contributed by atoms with Gasteiger partial charge in [-0.1, -0.05) is 0 Å². The lowest BCUT2D eigenvalue weighted by Gasteiger charge is -2.23. The first kappa shape index (κ1) is 13.8. The number of carbonyl (C=O) groups excluding carboxylic acids is 1. The lowest BCUT2D eigenvalue weighted by Crippen LogP contribution is -2.44. The number of ether oxygens (including phenoxy) is 1. The summed E-state index contributed by atoms with van der Waals surface area (Å²) < 4.78 is 18.0. The maximum atomic E-state index is 13.2. The van der Waals surface area contributed by atoms with E-state index in [1.54, 1.807) is 13.8 Å². The molecule has 0 aliphatic carbocycles. The van der Waals surface area contributed by atoms with Gasteiger partial charge in [0.15, 0.2) is 11.6 Å². The lowest BCUT2D eigenvalue weighted by molar-refractivity contribution is 0.0920. The van der Waals surface area contributed by atoms with Gasteiger partial charge in [-0.05, 0) is 32.0 Å². The van der Waals surface area contributed by atoms with E-state index < -0.39 is 11.4 Å². The van der Waals surface area contributed by atoms with Crippen LogP contribution in [0.3, 0.4) is 0 Å². The minimum atomic E-state index is -0.514. The van der Waals surface area contributed by atoms with Gasteiger partial charge in [-0.3, -0.25) is 4.79 Å². The van der Waals surface area contributed by atoms with Crippen LogP contribution < -0.4 is 10.1 Å². The monoisotopic (exact) mass is 259 g/mol. The predicted octanol–water partition coefficient (Wildman–Crippen LogP) is 2.58. The topological polar surface area (TPSA) is 38.3 Å². The standard InChI is InChI=1S/C12H15ClFNO2/c1-12(2,7-13)15-11(16)8-4-5-9(14)10(6-8)17-3/h4-6H,7H2,1-3H3,(H,15,16). The van der Waals surface area contributed by atoms with Crippen LogP contribution in [0.1, 0.15) is 24.2 Å². The van der Waals surface area contributed by atoms with Crippen LogP contribution in [0.2, 0.25) is 0 Å². The number of rotatable bonds is 4. The summed E-state index contributed by atoms with van der Waals surface area (Å²) in [5.41, 5.74) is -0.179. The van der Waals surface area contributed by atoms with Gasteiger partial charge in [0.1, 0.15) is 0 Å². The molecule has 1 rings (SSSR count). The number of halogens is 2. The third-order valence-corrected chi connectivity index (χ3v) is 2.87. The molecule has 0 saturated carbocycles. The van der Waals surface area contributed by atoms with Crippen molar-refractivity contribution in [2.45, 2.75) is 19.4 Å². The summed E-state index contributed by atoms with van der Waals surface area (Å²) in [7, 11) is 1.35. The fourth-order valence-electron chi connectivity index (χ4n) is 1.21. The highest BCUT2D eigenvalue weighted by Crippen LogP contribution is 2.18. The van der Waals surface area contributed by atoms with Gasteiger partial charge in [0.2, 0.25) is 0 Å². The smallest absolute Gasteiger partial charge is 0.251 e. The van der Waals surface area contributed by atoms with E-state index in [0.29, 0.717) is 5.56 Å². The van der Waals surface area contributed by atoms with E-state index in [4.69, 9.17) is 16.3 Å². The Bertz CT molecular complexity index is 421. The first-order valence-corrected chi connectivity index (χ1v) is 5.65. The van der Waals surface area contributed by atoms with Crippen LogP contribution in [0.5, 0.6) is 5.75 Å². The van der Waals surface area contributed by atoms with Crippen LogP contribution in [0, 0.1) is 5.82 Å². The van der Waals surface area contributed by atoms with Crippen LogP contribution >= 0.6 is 11.6 Å². The molecule has 0 unspecified atom stereocenters. The first-order chi connectivity index (χ1) is 7.89. The van der Waals surface area contributed by atoms with Crippen molar-refractivity contribution in [1.29, 1.82) is 0 Å². The SMILES string of the molecule is COc1cc(C(=O)NC(C)(C)CCl)ccc1F. The molecule has 5 heteroatoms. The summed E-state index contributed by atoms with van der Waals surface area (Å²) in [6.07, 6.45) is 0. The fraction of sp³-hybridized carbons (Fsp3) is 0.417. The molecule has 3 nitrogen and oxygen atoms in total. The van der Waals surface area contributed by atoms with E-state index in [0.717, 1.165) is 0 Å². The molecule has 1 aromatic carbocycles.